The van der Waals surface area contributed by atoms with Crippen molar-refractivity contribution in [2.24, 2.45) is 5.73 Å². The molecule has 0 spiro atoms. The molecular formula is C15H23BFNO5S. The van der Waals surface area contributed by atoms with Crippen molar-refractivity contribution in [2.75, 3.05) is 0 Å². The average molecular weight is 359 g/mol. The van der Waals surface area contributed by atoms with E-state index in [1.807, 2.05) is 33.8 Å². The van der Waals surface area contributed by atoms with Gasteiger partial charge >= 0.3 is 17.6 Å². The first-order valence-electron chi connectivity index (χ1n) is 7.67. The average Bonchev–Trinajstić information content (AvgIpc) is 2.59. The summed E-state index contributed by atoms with van der Waals surface area (Å²) in [6.07, 6.45) is 0.364. The highest BCUT2D eigenvalue weighted by Crippen LogP contribution is 2.38. The molecular weight excluding hydrogens is 336 g/mol. The fraction of sp³-hybridized carbons (Fsp3) is 0.600. The number of hydrogen-bond acceptors (Lipinski definition) is 6. The molecule has 1 aliphatic heterocycles. The third kappa shape index (κ3) is 4.08. The molecule has 134 valence electrons. The Morgan fingerprint density at radius 3 is 2.21 bits per heavy atom. The van der Waals surface area contributed by atoms with Gasteiger partial charge in [-0.1, -0.05) is 9.95 Å². The van der Waals surface area contributed by atoms with Crippen molar-refractivity contribution in [3.05, 3.63) is 28.8 Å². The molecule has 1 fully saturated rings. The van der Waals surface area contributed by atoms with Gasteiger partial charge in [0.1, 0.15) is 5.75 Å². The summed E-state index contributed by atoms with van der Waals surface area (Å²) < 4.78 is 50.8. The van der Waals surface area contributed by atoms with Gasteiger partial charge in [-0.05, 0) is 57.4 Å². The zero-order valence-corrected chi connectivity index (χ0v) is 15.4. The summed E-state index contributed by atoms with van der Waals surface area (Å²) in [5, 5.41) is 0. The molecule has 0 atom stereocenters. The van der Waals surface area contributed by atoms with Crippen molar-refractivity contribution < 1.29 is 25.8 Å². The number of benzene rings is 1. The summed E-state index contributed by atoms with van der Waals surface area (Å²) >= 11 is 0. The van der Waals surface area contributed by atoms with Gasteiger partial charge < -0.3 is 19.2 Å². The third-order valence-electron chi connectivity index (χ3n) is 4.64. The minimum atomic E-state index is -5.11. The van der Waals surface area contributed by atoms with Gasteiger partial charge in [0.25, 0.3) is 0 Å². The topological polar surface area (TPSA) is 87.8 Å². The molecule has 1 aromatic rings. The van der Waals surface area contributed by atoms with Crippen LogP contribution >= 0.6 is 0 Å². The largest absolute Gasteiger partial charge is 0.488 e. The van der Waals surface area contributed by atoms with E-state index in [0.717, 1.165) is 0 Å². The maximum atomic E-state index is 12.9. The van der Waals surface area contributed by atoms with E-state index in [4.69, 9.17) is 15.0 Å². The second kappa shape index (κ2) is 6.29. The Morgan fingerprint density at radius 2 is 1.75 bits per heavy atom. The number of nitrogens with two attached hydrogens (primary N) is 1. The Balaban J connectivity index is 2.30. The van der Waals surface area contributed by atoms with Crippen LogP contribution in [0.2, 0.25) is 0 Å². The molecule has 0 saturated carbocycles. The molecule has 0 radical (unpaired) electrons. The standard InChI is InChI=1S/C15H23BFNO5S/c1-10-12(9-18)6-11(7-13(10)21-24(17,19)20)8-16-22-14(2,3)15(4,5)23-16/h6-7H,8-9,18H2,1-5H3. The smallest absolute Gasteiger partial charge is 0.403 e. The normalized spacial score (nSPS) is 19.5. The molecule has 0 amide bonds. The molecule has 0 bridgehead atoms. The molecule has 1 aromatic carbocycles. The van der Waals surface area contributed by atoms with Gasteiger partial charge in [0.15, 0.2) is 0 Å². The van der Waals surface area contributed by atoms with Crippen molar-refractivity contribution in [3.8, 4) is 5.75 Å². The lowest BCUT2D eigenvalue weighted by atomic mass is 9.80. The first kappa shape index (κ1) is 19.2. The highest BCUT2D eigenvalue weighted by molar-refractivity contribution is 7.81. The molecule has 1 aliphatic rings. The van der Waals surface area contributed by atoms with Gasteiger partial charge in [0.2, 0.25) is 0 Å². The molecule has 6 nitrogen and oxygen atoms in total. The lowest BCUT2D eigenvalue weighted by Crippen LogP contribution is -2.41. The Bertz CT molecular complexity index is 720. The van der Waals surface area contributed by atoms with Gasteiger partial charge in [0.05, 0.1) is 11.2 Å². The molecule has 2 rings (SSSR count). The van der Waals surface area contributed by atoms with Crippen molar-refractivity contribution >= 4 is 17.6 Å². The highest BCUT2D eigenvalue weighted by Gasteiger charge is 2.50. The van der Waals surface area contributed by atoms with Crippen molar-refractivity contribution in [1.29, 1.82) is 0 Å². The van der Waals surface area contributed by atoms with Gasteiger partial charge in [-0.2, -0.15) is 8.42 Å². The quantitative estimate of drug-likeness (QED) is 0.641. The fourth-order valence-electron chi connectivity index (χ4n) is 2.57. The zero-order chi connectivity index (χ0) is 18.3. The lowest BCUT2D eigenvalue weighted by molar-refractivity contribution is 0.00578. The highest BCUT2D eigenvalue weighted by atomic mass is 32.3. The minimum Gasteiger partial charge on any atom is -0.403 e. The first-order chi connectivity index (χ1) is 10.8. The summed E-state index contributed by atoms with van der Waals surface area (Å²) in [5.74, 6) is -0.0769. The molecule has 2 N–H and O–H groups in total. The van der Waals surface area contributed by atoms with Crippen molar-refractivity contribution in [3.63, 3.8) is 0 Å². The van der Waals surface area contributed by atoms with Crippen LogP contribution in [0.4, 0.5) is 3.89 Å². The van der Waals surface area contributed by atoms with Crippen LogP contribution in [-0.4, -0.2) is 26.7 Å². The van der Waals surface area contributed by atoms with Crippen LogP contribution in [0, 0.1) is 6.92 Å². The predicted molar refractivity (Wildman–Crippen MR) is 89.5 cm³/mol. The van der Waals surface area contributed by atoms with Gasteiger partial charge in [0, 0.05) is 12.9 Å². The summed E-state index contributed by atoms with van der Waals surface area (Å²) in [5.41, 5.74) is 6.59. The second-order valence-corrected chi connectivity index (χ2v) is 7.90. The van der Waals surface area contributed by atoms with Crippen molar-refractivity contribution in [2.45, 2.75) is 58.7 Å². The summed E-state index contributed by atoms with van der Waals surface area (Å²) in [6.45, 7) is 9.57. The molecule has 1 heterocycles. The molecule has 1 saturated heterocycles. The maximum absolute atomic E-state index is 12.9. The van der Waals surface area contributed by atoms with E-state index in [-0.39, 0.29) is 12.3 Å². The minimum absolute atomic E-state index is 0.0769. The first-order valence-corrected chi connectivity index (χ1v) is 8.97. The summed E-state index contributed by atoms with van der Waals surface area (Å²) in [4.78, 5) is 0. The van der Waals surface area contributed by atoms with Crippen LogP contribution in [0.15, 0.2) is 12.1 Å². The van der Waals surface area contributed by atoms with E-state index < -0.39 is 28.8 Å². The number of hydrogen-bond donors (Lipinski definition) is 1. The van der Waals surface area contributed by atoms with E-state index in [2.05, 4.69) is 4.18 Å². The molecule has 24 heavy (non-hydrogen) atoms. The SMILES string of the molecule is Cc1c(CN)cc(CB2OC(C)(C)C(C)(C)O2)cc1OS(=O)(=O)F. The van der Waals surface area contributed by atoms with Gasteiger partial charge in [-0.3, -0.25) is 0 Å². The zero-order valence-electron chi connectivity index (χ0n) is 14.6. The van der Waals surface area contributed by atoms with E-state index in [1.54, 1.807) is 6.92 Å². The molecule has 0 aromatic heterocycles. The van der Waals surface area contributed by atoms with Crippen LogP contribution < -0.4 is 9.92 Å². The Kier molecular flexibility index (Phi) is 5.03. The van der Waals surface area contributed by atoms with Crippen LogP contribution in [-0.2, 0) is 32.7 Å². The fourth-order valence-corrected chi connectivity index (χ4v) is 2.96. The van der Waals surface area contributed by atoms with E-state index in [0.29, 0.717) is 23.0 Å². The summed E-state index contributed by atoms with van der Waals surface area (Å²) in [6, 6.07) is 3.29. The molecule has 0 unspecified atom stereocenters. The molecule has 9 heteroatoms. The number of halogens is 1. The lowest BCUT2D eigenvalue weighted by Gasteiger charge is -2.32. The van der Waals surface area contributed by atoms with Gasteiger partial charge in [-0.25, -0.2) is 0 Å². The van der Waals surface area contributed by atoms with Crippen LogP contribution in [0.25, 0.3) is 0 Å². The van der Waals surface area contributed by atoms with E-state index in [1.165, 1.54) is 6.07 Å². The Labute approximate surface area is 143 Å². The van der Waals surface area contributed by atoms with Crippen LogP contribution in [0.1, 0.15) is 44.4 Å². The maximum Gasteiger partial charge on any atom is 0.488 e. The number of rotatable bonds is 5. The Morgan fingerprint density at radius 1 is 1.21 bits per heavy atom. The van der Waals surface area contributed by atoms with E-state index in [9.17, 15) is 12.3 Å². The van der Waals surface area contributed by atoms with Crippen LogP contribution in [0.5, 0.6) is 5.75 Å². The third-order valence-corrected chi connectivity index (χ3v) is 5.02. The summed E-state index contributed by atoms with van der Waals surface area (Å²) in [7, 11) is -5.61. The molecule has 0 aliphatic carbocycles. The Hall–Kier alpha value is -1.16. The van der Waals surface area contributed by atoms with Crippen LogP contribution in [0.3, 0.4) is 0 Å². The second-order valence-electron chi connectivity index (χ2n) is 6.95. The van der Waals surface area contributed by atoms with Crippen molar-refractivity contribution in [1.82, 2.24) is 0 Å². The monoisotopic (exact) mass is 359 g/mol. The predicted octanol–water partition coefficient (Wildman–Crippen LogP) is 2.22. The van der Waals surface area contributed by atoms with E-state index >= 15 is 0 Å². The van der Waals surface area contributed by atoms with Gasteiger partial charge in [-0.15, -0.1) is 0 Å².